The van der Waals surface area contributed by atoms with E-state index in [1.165, 1.54) is 0 Å². The standard InChI is InChI=1S/C13H18N2O3S/c1-10-9-18-12-6-4-5-11(15-7-2-3-8-15)13(12)19(16,17)14-10/h4-6,10,14H,2-3,7-9H2,1H3/t10-/m0/s1. The fourth-order valence-corrected chi connectivity index (χ4v) is 4.25. The highest BCUT2D eigenvalue weighted by molar-refractivity contribution is 7.89. The summed E-state index contributed by atoms with van der Waals surface area (Å²) in [6, 6.07) is 5.23. The van der Waals surface area contributed by atoms with Gasteiger partial charge in [0, 0.05) is 13.1 Å². The Morgan fingerprint density at radius 3 is 2.79 bits per heavy atom. The average molecular weight is 282 g/mol. The first-order chi connectivity index (χ1) is 9.08. The fourth-order valence-electron chi connectivity index (χ4n) is 2.67. The van der Waals surface area contributed by atoms with Crippen LogP contribution in [0.2, 0.25) is 0 Å². The van der Waals surface area contributed by atoms with Crippen molar-refractivity contribution in [3.05, 3.63) is 18.2 Å². The Hall–Kier alpha value is -1.27. The maximum absolute atomic E-state index is 12.5. The number of nitrogens with one attached hydrogen (secondary N) is 1. The third-order valence-electron chi connectivity index (χ3n) is 3.52. The Kier molecular flexibility index (Phi) is 3.14. The van der Waals surface area contributed by atoms with Crippen LogP contribution in [0.25, 0.3) is 0 Å². The van der Waals surface area contributed by atoms with Gasteiger partial charge >= 0.3 is 0 Å². The van der Waals surface area contributed by atoms with Crippen molar-refractivity contribution in [3.8, 4) is 5.75 Å². The summed E-state index contributed by atoms with van der Waals surface area (Å²) in [7, 11) is -3.51. The predicted octanol–water partition coefficient (Wildman–Crippen LogP) is 1.35. The molecule has 1 fully saturated rings. The molecule has 0 unspecified atom stereocenters. The smallest absolute Gasteiger partial charge is 0.246 e. The van der Waals surface area contributed by atoms with Gasteiger partial charge in [0.05, 0.1) is 11.7 Å². The van der Waals surface area contributed by atoms with E-state index in [2.05, 4.69) is 9.62 Å². The highest BCUT2D eigenvalue weighted by Crippen LogP contribution is 2.36. The van der Waals surface area contributed by atoms with Gasteiger partial charge in [-0.25, -0.2) is 13.1 Å². The molecule has 0 saturated carbocycles. The van der Waals surface area contributed by atoms with Gasteiger partial charge in [0.1, 0.15) is 17.3 Å². The van der Waals surface area contributed by atoms with Gasteiger partial charge < -0.3 is 9.64 Å². The van der Waals surface area contributed by atoms with E-state index in [0.29, 0.717) is 17.3 Å². The molecule has 2 heterocycles. The Bertz CT molecular complexity index is 580. The lowest BCUT2D eigenvalue weighted by molar-refractivity contribution is 0.288. The summed E-state index contributed by atoms with van der Waals surface area (Å²) in [5.41, 5.74) is 0.761. The van der Waals surface area contributed by atoms with Crippen molar-refractivity contribution < 1.29 is 13.2 Å². The second kappa shape index (κ2) is 4.68. The first-order valence-corrected chi connectivity index (χ1v) is 8.09. The van der Waals surface area contributed by atoms with Crippen molar-refractivity contribution in [2.24, 2.45) is 0 Å². The first kappa shape index (κ1) is 12.7. The van der Waals surface area contributed by atoms with Crippen molar-refractivity contribution in [3.63, 3.8) is 0 Å². The van der Waals surface area contributed by atoms with Crippen LogP contribution in [0.4, 0.5) is 5.69 Å². The van der Waals surface area contributed by atoms with Gasteiger partial charge in [-0.15, -0.1) is 0 Å². The lowest BCUT2D eigenvalue weighted by Crippen LogP contribution is -2.34. The zero-order valence-electron chi connectivity index (χ0n) is 10.9. The molecule has 6 heteroatoms. The lowest BCUT2D eigenvalue weighted by Gasteiger charge is -2.21. The largest absolute Gasteiger partial charge is 0.490 e. The molecule has 5 nitrogen and oxygen atoms in total. The molecule has 0 spiro atoms. The molecular formula is C13H18N2O3S. The molecule has 1 saturated heterocycles. The monoisotopic (exact) mass is 282 g/mol. The van der Waals surface area contributed by atoms with Crippen molar-refractivity contribution in [2.45, 2.75) is 30.7 Å². The van der Waals surface area contributed by atoms with Gasteiger partial charge in [-0.05, 0) is 31.9 Å². The van der Waals surface area contributed by atoms with Crippen LogP contribution in [-0.2, 0) is 10.0 Å². The molecule has 0 amide bonds. The lowest BCUT2D eigenvalue weighted by atomic mass is 10.2. The van der Waals surface area contributed by atoms with Crippen LogP contribution in [0.3, 0.4) is 0 Å². The molecule has 19 heavy (non-hydrogen) atoms. The summed E-state index contributed by atoms with van der Waals surface area (Å²) >= 11 is 0. The molecule has 1 N–H and O–H groups in total. The van der Waals surface area contributed by atoms with Gasteiger partial charge in [-0.3, -0.25) is 0 Å². The minimum atomic E-state index is -3.51. The third kappa shape index (κ3) is 2.30. The Labute approximate surface area is 113 Å². The highest BCUT2D eigenvalue weighted by atomic mass is 32.2. The third-order valence-corrected chi connectivity index (χ3v) is 5.18. The molecule has 1 aromatic carbocycles. The summed E-state index contributed by atoms with van der Waals surface area (Å²) < 4.78 is 33.2. The van der Waals surface area contributed by atoms with E-state index in [0.717, 1.165) is 31.6 Å². The SMILES string of the molecule is C[C@H]1COc2cccc(N3CCCC3)c2S(=O)(=O)N1. The summed E-state index contributed by atoms with van der Waals surface area (Å²) in [5.74, 6) is 0.459. The predicted molar refractivity (Wildman–Crippen MR) is 73.2 cm³/mol. The number of nitrogens with zero attached hydrogens (tertiary/aromatic N) is 1. The molecule has 1 atom stereocenters. The number of rotatable bonds is 1. The fraction of sp³-hybridized carbons (Fsp3) is 0.538. The van der Waals surface area contributed by atoms with Gasteiger partial charge in [0.25, 0.3) is 0 Å². The quantitative estimate of drug-likeness (QED) is 0.844. The summed E-state index contributed by atoms with van der Waals surface area (Å²) in [6.45, 7) is 3.97. The number of sulfonamides is 1. The van der Waals surface area contributed by atoms with Crippen molar-refractivity contribution in [1.29, 1.82) is 0 Å². The van der Waals surface area contributed by atoms with Crippen LogP contribution in [0, 0.1) is 0 Å². The number of ether oxygens (including phenoxy) is 1. The first-order valence-electron chi connectivity index (χ1n) is 6.61. The van der Waals surface area contributed by atoms with E-state index in [4.69, 9.17) is 4.74 Å². The maximum atomic E-state index is 12.5. The van der Waals surface area contributed by atoms with E-state index in [9.17, 15) is 8.42 Å². The minimum Gasteiger partial charge on any atom is -0.490 e. The van der Waals surface area contributed by atoms with E-state index >= 15 is 0 Å². The van der Waals surface area contributed by atoms with Crippen molar-refractivity contribution >= 4 is 15.7 Å². The van der Waals surface area contributed by atoms with Crippen LogP contribution in [0.5, 0.6) is 5.75 Å². The summed E-state index contributed by atoms with van der Waals surface area (Å²) in [6.07, 6.45) is 2.21. The van der Waals surface area contributed by atoms with Crippen molar-refractivity contribution in [1.82, 2.24) is 4.72 Å². The van der Waals surface area contributed by atoms with Crippen LogP contribution in [0.1, 0.15) is 19.8 Å². The second-order valence-corrected chi connectivity index (χ2v) is 6.78. The van der Waals surface area contributed by atoms with Crippen LogP contribution in [0.15, 0.2) is 23.1 Å². The number of hydrogen-bond donors (Lipinski definition) is 1. The average Bonchev–Trinajstić information content (AvgIpc) is 2.85. The van der Waals surface area contributed by atoms with Crippen LogP contribution < -0.4 is 14.4 Å². The molecule has 3 rings (SSSR count). The second-order valence-electron chi connectivity index (χ2n) is 5.13. The van der Waals surface area contributed by atoms with Gasteiger partial charge in [0.15, 0.2) is 0 Å². The normalized spacial score (nSPS) is 25.5. The molecule has 0 radical (unpaired) electrons. The van der Waals surface area contributed by atoms with Gasteiger partial charge in [-0.2, -0.15) is 0 Å². The zero-order valence-corrected chi connectivity index (χ0v) is 11.7. The Morgan fingerprint density at radius 2 is 2.05 bits per heavy atom. The van der Waals surface area contributed by atoms with Gasteiger partial charge in [-0.1, -0.05) is 6.07 Å². The van der Waals surface area contributed by atoms with E-state index in [1.54, 1.807) is 13.0 Å². The maximum Gasteiger partial charge on any atom is 0.246 e. The number of hydrogen-bond acceptors (Lipinski definition) is 4. The van der Waals surface area contributed by atoms with Gasteiger partial charge in [0.2, 0.25) is 10.0 Å². The zero-order chi connectivity index (χ0) is 13.5. The van der Waals surface area contributed by atoms with Crippen LogP contribution in [-0.4, -0.2) is 34.2 Å². The number of benzene rings is 1. The van der Waals surface area contributed by atoms with Crippen molar-refractivity contribution in [2.75, 3.05) is 24.6 Å². The molecule has 0 bridgehead atoms. The Morgan fingerprint density at radius 1 is 1.32 bits per heavy atom. The molecular weight excluding hydrogens is 264 g/mol. The molecule has 1 aromatic rings. The Balaban J connectivity index is 2.14. The summed E-state index contributed by atoms with van der Waals surface area (Å²) in [5, 5.41) is 0. The topological polar surface area (TPSA) is 58.6 Å². The molecule has 0 aromatic heterocycles. The molecule has 2 aliphatic heterocycles. The summed E-state index contributed by atoms with van der Waals surface area (Å²) in [4.78, 5) is 2.42. The van der Waals surface area contributed by atoms with Crippen LogP contribution >= 0.6 is 0 Å². The molecule has 104 valence electrons. The van der Waals surface area contributed by atoms with E-state index in [1.807, 2.05) is 12.1 Å². The number of anilines is 1. The molecule has 0 aliphatic carbocycles. The van der Waals surface area contributed by atoms with E-state index < -0.39 is 10.0 Å². The van der Waals surface area contributed by atoms with E-state index in [-0.39, 0.29) is 6.04 Å². The minimum absolute atomic E-state index is 0.219. The number of fused-ring (bicyclic) bond motifs is 1. The highest BCUT2D eigenvalue weighted by Gasteiger charge is 2.31. The molecule has 2 aliphatic rings.